The summed E-state index contributed by atoms with van der Waals surface area (Å²) in [5, 5.41) is 10.9. The number of carbonyl (C=O) groups is 3. The SMILES string of the molecule is Cc1cccc(CN2CCC3(CCCN(C(=O)c4ccsc4)C3)C2=O)n1.O=C(O)C(F)(F)F. The number of likely N-dealkylation sites (tertiary alicyclic amines) is 2. The van der Waals surface area contributed by atoms with Gasteiger partial charge in [0.15, 0.2) is 0 Å². The summed E-state index contributed by atoms with van der Waals surface area (Å²) in [7, 11) is 0. The van der Waals surface area contributed by atoms with E-state index in [2.05, 4.69) is 4.98 Å². The van der Waals surface area contributed by atoms with Crippen LogP contribution in [0.4, 0.5) is 13.2 Å². The van der Waals surface area contributed by atoms with Crippen molar-refractivity contribution in [1.29, 1.82) is 0 Å². The third-order valence-electron chi connectivity index (χ3n) is 5.77. The predicted molar refractivity (Wildman–Crippen MR) is 115 cm³/mol. The fraction of sp³-hybridized carbons (Fsp3) is 0.455. The van der Waals surface area contributed by atoms with Crippen molar-refractivity contribution in [2.75, 3.05) is 19.6 Å². The number of carboxylic acid groups (broad SMARTS) is 1. The van der Waals surface area contributed by atoms with Crippen LogP contribution in [-0.4, -0.2) is 63.5 Å². The van der Waals surface area contributed by atoms with E-state index in [9.17, 15) is 22.8 Å². The molecule has 0 radical (unpaired) electrons. The molecule has 0 bridgehead atoms. The predicted octanol–water partition coefficient (Wildman–Crippen LogP) is 3.74. The van der Waals surface area contributed by atoms with Crippen molar-refractivity contribution < 1.29 is 32.7 Å². The summed E-state index contributed by atoms with van der Waals surface area (Å²) >= 11 is 1.53. The van der Waals surface area contributed by atoms with E-state index in [0.717, 1.165) is 49.3 Å². The number of carboxylic acids is 1. The number of nitrogens with zero attached hydrogens (tertiary/aromatic N) is 3. The van der Waals surface area contributed by atoms with Crippen LogP contribution in [0.15, 0.2) is 35.0 Å². The summed E-state index contributed by atoms with van der Waals surface area (Å²) in [5.74, 6) is -2.52. The number of rotatable bonds is 3. The lowest BCUT2D eigenvalue weighted by molar-refractivity contribution is -0.192. The van der Waals surface area contributed by atoms with Crippen LogP contribution in [0.2, 0.25) is 0 Å². The van der Waals surface area contributed by atoms with E-state index in [-0.39, 0.29) is 11.8 Å². The van der Waals surface area contributed by atoms with Gasteiger partial charge < -0.3 is 14.9 Å². The Balaban J connectivity index is 0.000000383. The van der Waals surface area contributed by atoms with Crippen molar-refractivity contribution in [3.05, 3.63) is 52.0 Å². The third kappa shape index (κ3) is 5.89. The molecule has 2 amide bonds. The Hall–Kier alpha value is -2.95. The zero-order valence-corrected chi connectivity index (χ0v) is 18.8. The van der Waals surface area contributed by atoms with Crippen LogP contribution in [0.25, 0.3) is 0 Å². The first kappa shape index (κ1) is 24.7. The van der Waals surface area contributed by atoms with Crippen LogP contribution >= 0.6 is 11.3 Å². The number of aryl methyl sites for hydroxylation is 1. The van der Waals surface area contributed by atoms with E-state index < -0.39 is 17.6 Å². The minimum atomic E-state index is -5.08. The van der Waals surface area contributed by atoms with E-state index >= 15 is 0 Å². The van der Waals surface area contributed by atoms with Crippen LogP contribution in [0.3, 0.4) is 0 Å². The molecular weight excluding hydrogens is 459 g/mol. The van der Waals surface area contributed by atoms with Gasteiger partial charge in [-0.25, -0.2) is 4.79 Å². The summed E-state index contributed by atoms with van der Waals surface area (Å²) in [6, 6.07) is 7.78. The molecule has 1 unspecified atom stereocenters. The minimum Gasteiger partial charge on any atom is -0.475 e. The highest BCUT2D eigenvalue weighted by Gasteiger charge is 2.49. The number of pyridine rings is 1. The third-order valence-corrected chi connectivity index (χ3v) is 6.46. The van der Waals surface area contributed by atoms with Crippen LogP contribution in [0.1, 0.15) is 41.0 Å². The number of carbonyl (C=O) groups excluding carboxylic acids is 2. The molecular formula is C22H24F3N3O4S. The molecule has 11 heteroatoms. The van der Waals surface area contributed by atoms with Gasteiger partial charge in [0.1, 0.15) is 0 Å². The molecule has 0 aliphatic carbocycles. The quantitative estimate of drug-likeness (QED) is 0.718. The van der Waals surface area contributed by atoms with E-state index in [4.69, 9.17) is 9.90 Å². The molecule has 0 aromatic carbocycles. The molecule has 33 heavy (non-hydrogen) atoms. The standard InChI is InChI=1S/C20H23N3O2S.C2HF3O2/c1-15-4-2-5-17(21-15)12-22-10-8-20(19(22)25)7-3-9-23(14-20)18(24)16-6-11-26-13-16;3-2(4,5)1(6)7/h2,4-6,11,13H,3,7-10,12,14H2,1H3;(H,6,7). The number of piperidine rings is 1. The highest BCUT2D eigenvalue weighted by atomic mass is 32.1. The van der Waals surface area contributed by atoms with Crippen LogP contribution in [-0.2, 0) is 16.1 Å². The van der Waals surface area contributed by atoms with Crippen molar-refractivity contribution in [3.8, 4) is 0 Å². The molecule has 2 aromatic rings. The normalized spacial score (nSPS) is 20.5. The van der Waals surface area contributed by atoms with Gasteiger partial charge in [0.25, 0.3) is 5.91 Å². The second-order valence-corrected chi connectivity index (χ2v) is 8.95. The van der Waals surface area contributed by atoms with Gasteiger partial charge in [0, 0.05) is 30.7 Å². The van der Waals surface area contributed by atoms with Gasteiger partial charge in [0.2, 0.25) is 5.91 Å². The first-order valence-electron chi connectivity index (χ1n) is 10.4. The van der Waals surface area contributed by atoms with Gasteiger partial charge in [-0.15, -0.1) is 0 Å². The lowest BCUT2D eigenvalue weighted by Gasteiger charge is -2.39. The first-order chi connectivity index (χ1) is 15.5. The van der Waals surface area contributed by atoms with Crippen molar-refractivity contribution in [1.82, 2.24) is 14.8 Å². The molecule has 1 spiro atoms. The first-order valence-corrected chi connectivity index (χ1v) is 11.3. The second kappa shape index (κ2) is 9.90. The molecule has 178 valence electrons. The number of aliphatic carboxylic acids is 1. The number of alkyl halides is 3. The summed E-state index contributed by atoms with van der Waals surface area (Å²) in [5.41, 5.74) is 2.22. The Morgan fingerprint density at radius 3 is 2.55 bits per heavy atom. The van der Waals surface area contributed by atoms with Crippen LogP contribution in [0.5, 0.6) is 0 Å². The number of amides is 2. The molecule has 2 fully saturated rings. The van der Waals surface area contributed by atoms with Gasteiger partial charge in [-0.1, -0.05) is 6.07 Å². The summed E-state index contributed by atoms with van der Waals surface area (Å²) in [6.45, 7) is 4.54. The molecule has 2 aliphatic rings. The average molecular weight is 484 g/mol. The Morgan fingerprint density at radius 1 is 1.21 bits per heavy atom. The molecule has 4 heterocycles. The molecule has 0 saturated carbocycles. The number of hydrogen-bond donors (Lipinski definition) is 1. The lowest BCUT2D eigenvalue weighted by Crippen LogP contribution is -2.49. The van der Waals surface area contributed by atoms with E-state index in [1.165, 1.54) is 11.3 Å². The maximum Gasteiger partial charge on any atom is 0.490 e. The van der Waals surface area contributed by atoms with Gasteiger partial charge in [-0.3, -0.25) is 14.6 Å². The monoisotopic (exact) mass is 483 g/mol. The maximum atomic E-state index is 13.2. The van der Waals surface area contributed by atoms with E-state index in [0.29, 0.717) is 13.1 Å². The molecule has 2 aromatic heterocycles. The summed E-state index contributed by atoms with van der Waals surface area (Å²) < 4.78 is 31.7. The van der Waals surface area contributed by atoms with Gasteiger partial charge in [-0.2, -0.15) is 24.5 Å². The Morgan fingerprint density at radius 2 is 1.94 bits per heavy atom. The Kier molecular flexibility index (Phi) is 7.41. The molecule has 1 N–H and O–H groups in total. The molecule has 2 aliphatic heterocycles. The Bertz CT molecular complexity index is 1010. The largest absolute Gasteiger partial charge is 0.490 e. The molecule has 2 saturated heterocycles. The zero-order chi connectivity index (χ0) is 24.2. The number of halogens is 3. The highest BCUT2D eigenvalue weighted by molar-refractivity contribution is 7.08. The van der Waals surface area contributed by atoms with E-state index in [1.54, 1.807) is 0 Å². The highest BCUT2D eigenvalue weighted by Crippen LogP contribution is 2.41. The zero-order valence-electron chi connectivity index (χ0n) is 18.0. The van der Waals surface area contributed by atoms with Crippen molar-refractivity contribution in [2.45, 2.75) is 38.9 Å². The summed E-state index contributed by atoms with van der Waals surface area (Å²) in [6.07, 6.45) is -2.50. The Labute approximate surface area is 192 Å². The maximum absolute atomic E-state index is 13.2. The minimum absolute atomic E-state index is 0.0527. The topological polar surface area (TPSA) is 90.8 Å². The number of hydrogen-bond acceptors (Lipinski definition) is 5. The van der Waals surface area contributed by atoms with E-state index in [1.807, 2.05) is 51.7 Å². The second-order valence-electron chi connectivity index (χ2n) is 8.17. The summed E-state index contributed by atoms with van der Waals surface area (Å²) in [4.78, 5) is 43.1. The number of thiophene rings is 1. The van der Waals surface area contributed by atoms with Crippen molar-refractivity contribution in [3.63, 3.8) is 0 Å². The van der Waals surface area contributed by atoms with Crippen LogP contribution in [0, 0.1) is 12.3 Å². The fourth-order valence-corrected chi connectivity index (χ4v) is 4.81. The molecule has 4 rings (SSSR count). The number of aromatic nitrogens is 1. The lowest BCUT2D eigenvalue weighted by atomic mass is 9.78. The smallest absolute Gasteiger partial charge is 0.475 e. The van der Waals surface area contributed by atoms with Crippen LogP contribution < -0.4 is 0 Å². The molecule has 7 nitrogen and oxygen atoms in total. The fourth-order valence-electron chi connectivity index (χ4n) is 4.18. The van der Waals surface area contributed by atoms with Gasteiger partial charge in [0.05, 0.1) is 23.2 Å². The molecule has 1 atom stereocenters. The van der Waals surface area contributed by atoms with Gasteiger partial charge >= 0.3 is 12.1 Å². The average Bonchev–Trinajstić information content (AvgIpc) is 3.39. The van der Waals surface area contributed by atoms with Crippen molar-refractivity contribution >= 4 is 29.1 Å². The van der Waals surface area contributed by atoms with Gasteiger partial charge in [-0.05, 0) is 49.8 Å². The van der Waals surface area contributed by atoms with Crippen molar-refractivity contribution in [2.24, 2.45) is 5.41 Å².